The zero-order valence-electron chi connectivity index (χ0n) is 8.91. The Morgan fingerprint density at radius 1 is 1.40 bits per heavy atom. The highest BCUT2D eigenvalue weighted by Crippen LogP contribution is 2.14. The normalized spacial score (nSPS) is 19.3. The lowest BCUT2D eigenvalue weighted by molar-refractivity contribution is 0.148. The molecule has 1 aliphatic rings. The van der Waals surface area contributed by atoms with E-state index in [1.807, 2.05) is 6.07 Å². The Labute approximate surface area is 95.7 Å². The number of likely N-dealkylation sites (N-methyl/N-ethyl adjacent to an activating group) is 1. The van der Waals surface area contributed by atoms with Gasteiger partial charge in [-0.3, -0.25) is 4.90 Å². The monoisotopic (exact) mass is 224 g/mol. The largest absolute Gasteiger partial charge is 0.304 e. The van der Waals surface area contributed by atoms with Crippen LogP contribution in [0.5, 0.6) is 0 Å². The highest BCUT2D eigenvalue weighted by Gasteiger charge is 2.14. The molecule has 0 bridgehead atoms. The van der Waals surface area contributed by atoms with E-state index in [4.69, 9.17) is 11.6 Å². The fourth-order valence-corrected chi connectivity index (χ4v) is 1.89. The van der Waals surface area contributed by atoms with Crippen LogP contribution >= 0.6 is 11.6 Å². The minimum atomic E-state index is 0.580. The molecule has 2 rings (SSSR count). The summed E-state index contributed by atoms with van der Waals surface area (Å²) in [5.74, 6) is 0. The van der Waals surface area contributed by atoms with Gasteiger partial charge in [0, 0.05) is 44.5 Å². The minimum Gasteiger partial charge on any atom is -0.304 e. The molecule has 4 heteroatoms. The van der Waals surface area contributed by atoms with Gasteiger partial charge >= 0.3 is 0 Å². The quantitative estimate of drug-likeness (QED) is 0.706. The zero-order valence-corrected chi connectivity index (χ0v) is 9.67. The van der Waals surface area contributed by atoms with Crippen molar-refractivity contribution in [2.24, 2.45) is 0 Å². The van der Waals surface area contributed by atoms with Crippen molar-refractivity contribution < 1.29 is 0 Å². The van der Waals surface area contributed by atoms with Crippen LogP contribution in [0.2, 0.25) is 5.15 Å². The second-order valence-corrected chi connectivity index (χ2v) is 4.30. The van der Waals surface area contributed by atoms with Gasteiger partial charge in [0.2, 0.25) is 0 Å². The number of hydrogen-bond donors (Lipinski definition) is 0. The van der Waals surface area contributed by atoms with Gasteiger partial charge in [0.25, 0.3) is 0 Å². The van der Waals surface area contributed by atoms with Gasteiger partial charge in [0.15, 0.2) is 0 Å². The Kier molecular flexibility index (Phi) is 3.57. The third-order valence-corrected chi connectivity index (χ3v) is 3.07. The first kappa shape index (κ1) is 10.9. The zero-order chi connectivity index (χ0) is 10.7. The van der Waals surface area contributed by atoms with E-state index in [0.717, 1.165) is 38.3 Å². The molecule has 1 aromatic heterocycles. The number of nitrogens with zero attached hydrogens (tertiary/aromatic N) is 3. The highest BCUT2D eigenvalue weighted by atomic mass is 35.5. The second-order valence-electron chi connectivity index (χ2n) is 3.94. The summed E-state index contributed by atoms with van der Waals surface area (Å²) in [6.07, 6.45) is 1.68. The smallest absolute Gasteiger partial charge is 0.134 e. The molecule has 0 unspecified atom stereocenters. The third-order valence-electron chi connectivity index (χ3n) is 2.75. The van der Waals surface area contributed by atoms with Crippen molar-refractivity contribution in [3.05, 3.63) is 29.0 Å². The number of pyridine rings is 1. The molecule has 0 atom stereocenters. The number of rotatable bonds is 2. The van der Waals surface area contributed by atoms with Gasteiger partial charge in [-0.2, -0.15) is 0 Å². The van der Waals surface area contributed by atoms with E-state index in [1.54, 1.807) is 6.20 Å². The Morgan fingerprint density at radius 2 is 2.13 bits per heavy atom. The average molecular weight is 225 g/mol. The predicted molar refractivity (Wildman–Crippen MR) is 60.9 cm³/mol. The lowest BCUT2D eigenvalue weighted by atomic mass is 10.2. The molecule has 0 amide bonds. The molecule has 0 N–H and O–H groups in total. The molecular formula is C11H15ClN3. The van der Waals surface area contributed by atoms with E-state index in [1.165, 1.54) is 0 Å². The van der Waals surface area contributed by atoms with Gasteiger partial charge in [-0.15, -0.1) is 0 Å². The molecule has 1 aromatic rings. The summed E-state index contributed by atoms with van der Waals surface area (Å²) >= 11 is 5.99. The van der Waals surface area contributed by atoms with Gasteiger partial charge in [0.1, 0.15) is 5.15 Å². The molecule has 0 spiro atoms. The summed E-state index contributed by atoms with van der Waals surface area (Å²) in [6.45, 7) is 5.29. The molecule has 0 aliphatic carbocycles. The molecule has 0 saturated carbocycles. The molecule has 1 saturated heterocycles. The lowest BCUT2D eigenvalue weighted by Crippen LogP contribution is -2.43. The Morgan fingerprint density at radius 3 is 2.80 bits per heavy atom. The van der Waals surface area contributed by atoms with E-state index < -0.39 is 0 Å². The number of halogens is 1. The topological polar surface area (TPSA) is 19.4 Å². The van der Waals surface area contributed by atoms with Crippen LogP contribution < -0.4 is 0 Å². The van der Waals surface area contributed by atoms with Crippen LogP contribution in [-0.4, -0.2) is 48.0 Å². The molecular weight excluding hydrogens is 210 g/mol. The standard InChI is InChI=1S/C11H15ClN3/c1-14-5-7-15(8-6-14)9-10-3-2-4-13-11(10)12/h2,4H,5-9H2,1H3. The number of hydrogen-bond acceptors (Lipinski definition) is 3. The lowest BCUT2D eigenvalue weighted by Gasteiger charge is -2.32. The molecule has 2 heterocycles. The molecule has 15 heavy (non-hydrogen) atoms. The number of piperazine rings is 1. The van der Waals surface area contributed by atoms with Gasteiger partial charge in [-0.1, -0.05) is 11.6 Å². The minimum absolute atomic E-state index is 0.580. The van der Waals surface area contributed by atoms with Crippen molar-refractivity contribution in [1.29, 1.82) is 0 Å². The maximum Gasteiger partial charge on any atom is 0.134 e. The van der Waals surface area contributed by atoms with Gasteiger partial charge in [0.05, 0.1) is 0 Å². The summed E-state index contributed by atoms with van der Waals surface area (Å²) in [6, 6.07) is 4.96. The Hall–Kier alpha value is -0.640. The predicted octanol–water partition coefficient (Wildman–Crippen LogP) is 1.28. The average Bonchev–Trinajstić information content (AvgIpc) is 2.25. The van der Waals surface area contributed by atoms with Gasteiger partial charge < -0.3 is 4.90 Å². The van der Waals surface area contributed by atoms with Gasteiger partial charge in [-0.25, -0.2) is 4.98 Å². The Bertz CT molecular complexity index is 321. The molecule has 1 fully saturated rings. The molecule has 0 aromatic carbocycles. The van der Waals surface area contributed by atoms with Crippen molar-refractivity contribution in [2.45, 2.75) is 6.54 Å². The third kappa shape index (κ3) is 2.91. The van der Waals surface area contributed by atoms with Crippen LogP contribution in [0.25, 0.3) is 0 Å². The summed E-state index contributed by atoms with van der Waals surface area (Å²) in [7, 11) is 2.15. The first-order valence-corrected chi connectivity index (χ1v) is 5.55. The van der Waals surface area contributed by atoms with Crippen molar-refractivity contribution in [1.82, 2.24) is 14.8 Å². The first-order chi connectivity index (χ1) is 7.25. The molecule has 3 nitrogen and oxygen atoms in total. The van der Waals surface area contributed by atoms with Crippen LogP contribution in [0.3, 0.4) is 0 Å². The summed E-state index contributed by atoms with van der Waals surface area (Å²) in [5, 5.41) is 0.580. The summed E-state index contributed by atoms with van der Waals surface area (Å²) < 4.78 is 0. The van der Waals surface area contributed by atoms with E-state index >= 15 is 0 Å². The summed E-state index contributed by atoms with van der Waals surface area (Å²) in [5.41, 5.74) is 1.00. The van der Waals surface area contributed by atoms with Crippen LogP contribution in [-0.2, 0) is 6.54 Å². The van der Waals surface area contributed by atoms with Crippen molar-refractivity contribution in [3.63, 3.8) is 0 Å². The number of aromatic nitrogens is 1. The van der Waals surface area contributed by atoms with Crippen LogP contribution in [0.4, 0.5) is 0 Å². The maximum atomic E-state index is 5.99. The highest BCUT2D eigenvalue weighted by molar-refractivity contribution is 6.30. The maximum absolute atomic E-state index is 5.99. The fourth-order valence-electron chi connectivity index (χ4n) is 1.72. The molecule has 81 valence electrons. The van der Waals surface area contributed by atoms with E-state index in [-0.39, 0.29) is 0 Å². The fraction of sp³-hybridized carbons (Fsp3) is 0.545. The first-order valence-electron chi connectivity index (χ1n) is 5.17. The van der Waals surface area contributed by atoms with Crippen LogP contribution in [0, 0.1) is 6.07 Å². The van der Waals surface area contributed by atoms with Crippen molar-refractivity contribution in [3.8, 4) is 0 Å². The summed E-state index contributed by atoms with van der Waals surface area (Å²) in [4.78, 5) is 8.78. The molecule has 1 radical (unpaired) electrons. The van der Waals surface area contributed by atoms with E-state index in [9.17, 15) is 0 Å². The Balaban J connectivity index is 1.95. The SMILES string of the molecule is CN1CCN(Cc2[c]ccnc2Cl)CC1. The second kappa shape index (κ2) is 4.92. The van der Waals surface area contributed by atoms with E-state index in [2.05, 4.69) is 27.9 Å². The van der Waals surface area contributed by atoms with E-state index in [0.29, 0.717) is 5.15 Å². The van der Waals surface area contributed by atoms with Crippen LogP contribution in [0.15, 0.2) is 12.3 Å². The van der Waals surface area contributed by atoms with Gasteiger partial charge in [-0.05, 0) is 19.2 Å². The molecule has 1 aliphatic heterocycles. The van der Waals surface area contributed by atoms with Crippen molar-refractivity contribution >= 4 is 11.6 Å². The van der Waals surface area contributed by atoms with Crippen LogP contribution in [0.1, 0.15) is 5.56 Å². The van der Waals surface area contributed by atoms with Crippen molar-refractivity contribution in [2.75, 3.05) is 33.2 Å².